The molecule has 0 aliphatic carbocycles. The lowest BCUT2D eigenvalue weighted by Crippen LogP contribution is -2.51. The molecule has 2 amide bonds. The Kier molecular flexibility index (Phi) is 8.35. The minimum absolute atomic E-state index is 0.140. The van der Waals surface area contributed by atoms with Crippen LogP contribution in [-0.4, -0.2) is 48.6 Å². The molecule has 1 N–H and O–H groups in total. The highest BCUT2D eigenvalue weighted by molar-refractivity contribution is 5.90. The smallest absolute Gasteiger partial charge is 0.410 e. The van der Waals surface area contributed by atoms with Crippen molar-refractivity contribution in [3.63, 3.8) is 0 Å². The van der Waals surface area contributed by atoms with Crippen molar-refractivity contribution < 1.29 is 23.9 Å². The third kappa shape index (κ3) is 6.02. The van der Waals surface area contributed by atoms with Crippen molar-refractivity contribution >= 4 is 18.0 Å². The maximum absolute atomic E-state index is 12.7. The van der Waals surface area contributed by atoms with Crippen molar-refractivity contribution in [1.82, 2.24) is 10.2 Å². The largest absolute Gasteiger partial charge is 0.467 e. The van der Waals surface area contributed by atoms with Gasteiger partial charge in [0.25, 0.3) is 0 Å². The van der Waals surface area contributed by atoms with Crippen molar-refractivity contribution in [3.8, 4) is 12.3 Å². The van der Waals surface area contributed by atoms with E-state index in [0.29, 0.717) is 38.6 Å². The van der Waals surface area contributed by atoms with E-state index in [4.69, 9.17) is 15.9 Å². The number of amides is 2. The number of unbranched alkanes of at least 4 members (excludes halogenated alkanes) is 1. The number of benzene rings is 1. The first-order valence-corrected chi connectivity index (χ1v) is 9.35. The minimum Gasteiger partial charge on any atom is -0.467 e. The molecular weight excluding hydrogens is 360 g/mol. The molecule has 0 aromatic heterocycles. The van der Waals surface area contributed by atoms with Gasteiger partial charge in [-0.15, -0.1) is 12.3 Å². The van der Waals surface area contributed by atoms with Crippen LogP contribution in [0.4, 0.5) is 4.79 Å². The number of rotatable bonds is 8. The molecule has 7 nitrogen and oxygen atoms in total. The van der Waals surface area contributed by atoms with Crippen molar-refractivity contribution in [2.75, 3.05) is 13.7 Å². The molecule has 28 heavy (non-hydrogen) atoms. The van der Waals surface area contributed by atoms with Gasteiger partial charge in [-0.3, -0.25) is 9.69 Å². The van der Waals surface area contributed by atoms with Gasteiger partial charge in [-0.1, -0.05) is 30.3 Å². The zero-order valence-electron chi connectivity index (χ0n) is 16.1. The molecular formula is C21H26N2O5. The van der Waals surface area contributed by atoms with Crippen molar-refractivity contribution in [2.24, 2.45) is 0 Å². The number of carbonyl (C=O) groups excluding carboxylic acids is 3. The summed E-state index contributed by atoms with van der Waals surface area (Å²) in [4.78, 5) is 38.5. The Bertz CT molecular complexity index is 713. The van der Waals surface area contributed by atoms with Crippen LogP contribution in [0.25, 0.3) is 0 Å². The van der Waals surface area contributed by atoms with Crippen LogP contribution in [0.3, 0.4) is 0 Å². The van der Waals surface area contributed by atoms with Gasteiger partial charge in [0.05, 0.1) is 7.11 Å². The second-order valence-corrected chi connectivity index (χ2v) is 6.57. The van der Waals surface area contributed by atoms with Gasteiger partial charge in [-0.25, -0.2) is 9.59 Å². The standard InChI is InChI=1S/C21H26N2O5/c1-3-4-6-12-17(20(25)27-2)22-19(24)18-13-9-14-23(18)21(26)28-15-16-10-7-5-8-11-16/h1,5,7-8,10-11,17-18H,4,6,9,12-15H2,2H3,(H,22,24)/t17-,18-/m1/s1. The Hall–Kier alpha value is -3.01. The van der Waals surface area contributed by atoms with Crippen molar-refractivity contribution in [3.05, 3.63) is 35.9 Å². The average molecular weight is 386 g/mol. The van der Waals surface area contributed by atoms with Gasteiger partial charge in [0.15, 0.2) is 0 Å². The second kappa shape index (κ2) is 11.0. The molecule has 1 heterocycles. The predicted octanol–water partition coefficient (Wildman–Crippen LogP) is 2.25. The van der Waals surface area contributed by atoms with Crippen LogP contribution in [0.5, 0.6) is 0 Å². The van der Waals surface area contributed by atoms with Gasteiger partial charge in [-0.2, -0.15) is 0 Å². The maximum Gasteiger partial charge on any atom is 0.410 e. The van der Waals surface area contributed by atoms with Crippen LogP contribution in [0.1, 0.15) is 37.7 Å². The quantitative estimate of drug-likeness (QED) is 0.421. The summed E-state index contributed by atoms with van der Waals surface area (Å²) in [5.41, 5.74) is 0.871. The second-order valence-electron chi connectivity index (χ2n) is 6.57. The average Bonchev–Trinajstić information content (AvgIpc) is 3.21. The Morgan fingerprint density at radius 1 is 1.32 bits per heavy atom. The number of hydrogen-bond donors (Lipinski definition) is 1. The summed E-state index contributed by atoms with van der Waals surface area (Å²) in [7, 11) is 1.27. The normalized spacial score (nSPS) is 16.7. The highest BCUT2D eigenvalue weighted by Gasteiger charge is 2.36. The van der Waals surface area contributed by atoms with Crippen LogP contribution in [0.15, 0.2) is 30.3 Å². The van der Waals surface area contributed by atoms with E-state index < -0.39 is 24.1 Å². The highest BCUT2D eigenvalue weighted by Crippen LogP contribution is 2.19. The number of terminal acetylenes is 1. The number of hydrogen-bond acceptors (Lipinski definition) is 5. The van der Waals surface area contributed by atoms with E-state index in [1.54, 1.807) is 0 Å². The molecule has 0 unspecified atom stereocenters. The van der Waals surface area contributed by atoms with E-state index in [9.17, 15) is 14.4 Å². The van der Waals surface area contributed by atoms with Crippen LogP contribution in [0, 0.1) is 12.3 Å². The number of nitrogens with zero attached hydrogens (tertiary/aromatic N) is 1. The molecule has 1 aliphatic heterocycles. The molecule has 2 atom stereocenters. The molecule has 1 aliphatic rings. The molecule has 1 aromatic carbocycles. The fraction of sp³-hybridized carbons (Fsp3) is 0.476. The number of likely N-dealkylation sites (tertiary alicyclic amines) is 1. The number of carbonyl (C=O) groups is 3. The molecule has 7 heteroatoms. The summed E-state index contributed by atoms with van der Waals surface area (Å²) in [6, 6.07) is 7.88. The van der Waals surface area contributed by atoms with Crippen LogP contribution < -0.4 is 5.32 Å². The van der Waals surface area contributed by atoms with Gasteiger partial charge in [-0.05, 0) is 31.2 Å². The van der Waals surface area contributed by atoms with Crippen molar-refractivity contribution in [2.45, 2.75) is 50.8 Å². The zero-order chi connectivity index (χ0) is 20.4. The molecule has 150 valence electrons. The summed E-state index contributed by atoms with van der Waals surface area (Å²) in [6.45, 7) is 0.576. The summed E-state index contributed by atoms with van der Waals surface area (Å²) >= 11 is 0. The topological polar surface area (TPSA) is 84.9 Å². The predicted molar refractivity (Wildman–Crippen MR) is 103 cm³/mol. The van der Waals surface area contributed by atoms with Crippen LogP contribution >= 0.6 is 0 Å². The fourth-order valence-electron chi connectivity index (χ4n) is 3.13. The SMILES string of the molecule is C#CCCC[C@@H](NC(=O)[C@H]1CCCN1C(=O)OCc1ccccc1)C(=O)OC. The zero-order valence-corrected chi connectivity index (χ0v) is 16.1. The fourth-order valence-corrected chi connectivity index (χ4v) is 3.13. The van der Waals surface area contributed by atoms with E-state index in [1.165, 1.54) is 12.0 Å². The van der Waals surface area contributed by atoms with Crippen molar-refractivity contribution in [1.29, 1.82) is 0 Å². The summed E-state index contributed by atoms with van der Waals surface area (Å²) in [5, 5.41) is 2.70. The van der Waals surface area contributed by atoms with Gasteiger partial charge in [0.1, 0.15) is 18.7 Å². The van der Waals surface area contributed by atoms with E-state index in [0.717, 1.165) is 5.56 Å². The third-order valence-electron chi connectivity index (χ3n) is 4.61. The molecule has 1 fully saturated rings. The lowest BCUT2D eigenvalue weighted by Gasteiger charge is -2.25. The molecule has 0 spiro atoms. The first-order chi connectivity index (χ1) is 13.6. The monoisotopic (exact) mass is 386 g/mol. The first-order valence-electron chi connectivity index (χ1n) is 9.35. The van der Waals surface area contributed by atoms with Crippen LogP contribution in [0.2, 0.25) is 0 Å². The molecule has 0 saturated carbocycles. The Balaban J connectivity index is 1.93. The molecule has 1 saturated heterocycles. The molecule has 0 radical (unpaired) electrons. The lowest BCUT2D eigenvalue weighted by atomic mass is 10.1. The van der Waals surface area contributed by atoms with Gasteiger partial charge in [0.2, 0.25) is 5.91 Å². The molecule has 1 aromatic rings. The Morgan fingerprint density at radius 2 is 2.07 bits per heavy atom. The van der Waals surface area contributed by atoms with Gasteiger partial charge in [0, 0.05) is 13.0 Å². The Morgan fingerprint density at radius 3 is 2.75 bits per heavy atom. The minimum atomic E-state index is -0.784. The van der Waals surface area contributed by atoms with E-state index in [1.807, 2.05) is 30.3 Å². The van der Waals surface area contributed by atoms with E-state index >= 15 is 0 Å². The first kappa shape index (κ1) is 21.3. The van der Waals surface area contributed by atoms with Crippen LogP contribution in [-0.2, 0) is 25.7 Å². The highest BCUT2D eigenvalue weighted by atomic mass is 16.6. The summed E-state index contributed by atoms with van der Waals surface area (Å²) in [6.07, 6.45) is 7.38. The van der Waals surface area contributed by atoms with E-state index in [2.05, 4.69) is 11.2 Å². The van der Waals surface area contributed by atoms with Gasteiger partial charge >= 0.3 is 12.1 Å². The molecule has 0 bridgehead atoms. The third-order valence-corrected chi connectivity index (χ3v) is 4.61. The molecule has 2 rings (SSSR count). The van der Waals surface area contributed by atoms with Gasteiger partial charge < -0.3 is 14.8 Å². The van der Waals surface area contributed by atoms with E-state index in [-0.39, 0.29) is 12.5 Å². The number of methoxy groups -OCH3 is 1. The maximum atomic E-state index is 12.7. The summed E-state index contributed by atoms with van der Waals surface area (Å²) in [5.74, 6) is 1.59. The summed E-state index contributed by atoms with van der Waals surface area (Å²) < 4.78 is 10.1. The number of esters is 1. The lowest BCUT2D eigenvalue weighted by molar-refractivity contribution is -0.145. The number of ether oxygens (including phenoxy) is 2. The number of nitrogens with one attached hydrogen (secondary N) is 1. The Labute approximate surface area is 165 Å².